The maximum atomic E-state index is 12.8. The second-order valence-corrected chi connectivity index (χ2v) is 6.18. The van der Waals surface area contributed by atoms with Crippen LogP contribution in [0.4, 0.5) is 0 Å². The Balaban J connectivity index is 1.67. The van der Waals surface area contributed by atoms with Crippen molar-refractivity contribution in [3.63, 3.8) is 0 Å². The van der Waals surface area contributed by atoms with Crippen molar-refractivity contribution in [2.75, 3.05) is 33.4 Å². The minimum atomic E-state index is -0.0514. The van der Waals surface area contributed by atoms with Gasteiger partial charge in [-0.1, -0.05) is 24.3 Å². The number of nitrogens with one attached hydrogen (secondary N) is 1. The van der Waals surface area contributed by atoms with E-state index in [0.29, 0.717) is 5.92 Å². The van der Waals surface area contributed by atoms with Crippen molar-refractivity contribution >= 4 is 5.91 Å². The number of carbonyl (C=O) groups excluding carboxylic acids is 1. The van der Waals surface area contributed by atoms with Crippen LogP contribution in [0.1, 0.15) is 29.9 Å². The van der Waals surface area contributed by atoms with Gasteiger partial charge in [0.15, 0.2) is 0 Å². The third-order valence-corrected chi connectivity index (χ3v) is 4.56. The molecule has 3 rings (SSSR count). The van der Waals surface area contributed by atoms with Gasteiger partial charge in [0.25, 0.3) is 0 Å². The summed E-state index contributed by atoms with van der Waals surface area (Å²) in [6.45, 7) is 4.06. The number of rotatable bonds is 3. The minimum Gasteiger partial charge on any atom is -0.381 e. The van der Waals surface area contributed by atoms with Crippen LogP contribution in [0.3, 0.4) is 0 Å². The van der Waals surface area contributed by atoms with E-state index in [-0.39, 0.29) is 11.8 Å². The minimum absolute atomic E-state index is 0.0514. The molecule has 0 saturated carbocycles. The molecule has 0 spiro atoms. The highest BCUT2D eigenvalue weighted by molar-refractivity contribution is 5.84. The van der Waals surface area contributed by atoms with Crippen LogP contribution >= 0.6 is 0 Å². The highest BCUT2D eigenvalue weighted by Gasteiger charge is 2.29. The quantitative estimate of drug-likeness (QED) is 0.921. The summed E-state index contributed by atoms with van der Waals surface area (Å²) in [6, 6.07) is 8.27. The summed E-state index contributed by atoms with van der Waals surface area (Å²) in [7, 11) is 1.92. The van der Waals surface area contributed by atoms with E-state index in [1.807, 2.05) is 24.1 Å². The van der Waals surface area contributed by atoms with Gasteiger partial charge in [-0.2, -0.15) is 0 Å². The summed E-state index contributed by atoms with van der Waals surface area (Å²) >= 11 is 0. The van der Waals surface area contributed by atoms with Gasteiger partial charge in [-0.25, -0.2) is 0 Å². The van der Waals surface area contributed by atoms with Crippen LogP contribution in [0.15, 0.2) is 24.3 Å². The van der Waals surface area contributed by atoms with Crippen LogP contribution in [-0.2, 0) is 16.1 Å². The molecule has 1 amide bonds. The molecule has 1 aromatic rings. The van der Waals surface area contributed by atoms with Crippen LogP contribution in [0.25, 0.3) is 0 Å². The van der Waals surface area contributed by atoms with E-state index in [4.69, 9.17) is 4.74 Å². The van der Waals surface area contributed by atoms with Crippen LogP contribution in [0, 0.1) is 5.92 Å². The zero-order valence-corrected chi connectivity index (χ0v) is 12.7. The maximum absolute atomic E-state index is 12.8. The fraction of sp³-hybridized carbons (Fsp3) is 0.588. The Morgan fingerprint density at radius 2 is 2.29 bits per heavy atom. The van der Waals surface area contributed by atoms with Gasteiger partial charge in [-0.05, 0) is 29.9 Å². The molecule has 1 fully saturated rings. The van der Waals surface area contributed by atoms with E-state index < -0.39 is 0 Å². The highest BCUT2D eigenvalue weighted by atomic mass is 16.5. The van der Waals surface area contributed by atoms with Crippen molar-refractivity contribution in [2.24, 2.45) is 5.92 Å². The summed E-state index contributed by atoms with van der Waals surface area (Å²) in [5.41, 5.74) is 2.43. The molecular weight excluding hydrogens is 264 g/mol. The summed E-state index contributed by atoms with van der Waals surface area (Å²) in [6.07, 6.45) is 2.28. The van der Waals surface area contributed by atoms with Gasteiger partial charge < -0.3 is 15.0 Å². The van der Waals surface area contributed by atoms with Crippen molar-refractivity contribution in [3.05, 3.63) is 35.4 Å². The Hall–Kier alpha value is -1.39. The summed E-state index contributed by atoms with van der Waals surface area (Å²) in [5, 5.41) is 3.36. The van der Waals surface area contributed by atoms with E-state index in [1.54, 1.807) is 0 Å². The lowest BCUT2D eigenvalue weighted by Gasteiger charge is -2.32. The smallest absolute Gasteiger partial charge is 0.231 e. The van der Waals surface area contributed by atoms with Gasteiger partial charge in [0.1, 0.15) is 0 Å². The molecule has 4 nitrogen and oxygen atoms in total. The monoisotopic (exact) mass is 288 g/mol. The van der Waals surface area contributed by atoms with Gasteiger partial charge >= 0.3 is 0 Å². The predicted octanol–water partition coefficient (Wildman–Crippen LogP) is 1.76. The van der Waals surface area contributed by atoms with Gasteiger partial charge in [0.2, 0.25) is 5.91 Å². The Morgan fingerprint density at radius 1 is 1.43 bits per heavy atom. The lowest BCUT2D eigenvalue weighted by atomic mass is 9.89. The Labute approximate surface area is 126 Å². The van der Waals surface area contributed by atoms with Crippen molar-refractivity contribution in [2.45, 2.75) is 25.3 Å². The number of hydrogen-bond donors (Lipinski definition) is 1. The maximum Gasteiger partial charge on any atom is 0.231 e. The number of fused-ring (bicyclic) bond motifs is 1. The predicted molar refractivity (Wildman–Crippen MR) is 82.1 cm³/mol. The van der Waals surface area contributed by atoms with Crippen LogP contribution < -0.4 is 5.32 Å². The first-order valence-electron chi connectivity index (χ1n) is 7.87. The van der Waals surface area contributed by atoms with Crippen molar-refractivity contribution in [1.29, 1.82) is 0 Å². The van der Waals surface area contributed by atoms with Crippen molar-refractivity contribution < 1.29 is 9.53 Å². The number of nitrogens with zero attached hydrogens (tertiary/aromatic N) is 1. The molecule has 0 aliphatic carbocycles. The molecular formula is C17H24N2O2. The Kier molecular flexibility index (Phi) is 4.56. The topological polar surface area (TPSA) is 41.6 Å². The average Bonchev–Trinajstić information content (AvgIpc) is 2.54. The molecule has 1 aromatic carbocycles. The molecule has 4 heteroatoms. The number of ether oxygens (including phenoxy) is 1. The summed E-state index contributed by atoms with van der Waals surface area (Å²) in [5.74, 6) is 0.657. The Bertz CT molecular complexity index is 497. The molecule has 114 valence electrons. The Morgan fingerprint density at radius 3 is 3.10 bits per heavy atom. The summed E-state index contributed by atoms with van der Waals surface area (Å²) in [4.78, 5) is 14.7. The molecule has 21 heavy (non-hydrogen) atoms. The fourth-order valence-electron chi connectivity index (χ4n) is 3.41. The molecule has 0 bridgehead atoms. The van der Waals surface area contributed by atoms with Crippen molar-refractivity contribution in [3.8, 4) is 0 Å². The summed E-state index contributed by atoms with van der Waals surface area (Å²) < 4.78 is 5.51. The number of amides is 1. The molecule has 2 atom stereocenters. The number of benzene rings is 1. The first-order chi connectivity index (χ1) is 10.3. The van der Waals surface area contributed by atoms with Crippen LogP contribution in [0.5, 0.6) is 0 Å². The van der Waals surface area contributed by atoms with Gasteiger partial charge in [-0.15, -0.1) is 0 Å². The third-order valence-electron chi connectivity index (χ3n) is 4.56. The molecule has 2 aliphatic heterocycles. The first kappa shape index (κ1) is 14.5. The van der Waals surface area contributed by atoms with E-state index in [9.17, 15) is 4.79 Å². The van der Waals surface area contributed by atoms with Gasteiger partial charge in [0.05, 0.1) is 12.5 Å². The molecule has 2 aliphatic rings. The van der Waals surface area contributed by atoms with Crippen LogP contribution in [-0.4, -0.2) is 44.2 Å². The average molecular weight is 288 g/mol. The standard InChI is InChI=1S/C17H24N2O2/c1-19(11-13-5-4-8-21-12-13)17(20)16-10-18-9-14-6-2-3-7-15(14)16/h2-3,6-7,13,16,18H,4-5,8-12H2,1H3. The second kappa shape index (κ2) is 6.58. The molecule has 2 heterocycles. The molecule has 1 N–H and O–H groups in total. The largest absolute Gasteiger partial charge is 0.381 e. The zero-order chi connectivity index (χ0) is 14.7. The zero-order valence-electron chi connectivity index (χ0n) is 12.7. The number of carbonyl (C=O) groups is 1. The number of likely N-dealkylation sites (N-methyl/N-ethyl adjacent to an activating group) is 1. The first-order valence-corrected chi connectivity index (χ1v) is 7.87. The van der Waals surface area contributed by atoms with E-state index in [1.165, 1.54) is 11.1 Å². The number of hydrogen-bond acceptors (Lipinski definition) is 3. The van der Waals surface area contributed by atoms with Gasteiger partial charge in [-0.3, -0.25) is 4.79 Å². The molecule has 0 radical (unpaired) electrons. The normalized spacial score (nSPS) is 25.2. The fourth-order valence-corrected chi connectivity index (χ4v) is 3.41. The lowest BCUT2D eigenvalue weighted by Crippen LogP contribution is -2.42. The second-order valence-electron chi connectivity index (χ2n) is 6.18. The van der Waals surface area contributed by atoms with E-state index in [0.717, 1.165) is 45.7 Å². The van der Waals surface area contributed by atoms with Gasteiger partial charge in [0, 0.05) is 33.3 Å². The SMILES string of the molecule is CN(CC1CCCOC1)C(=O)C1CNCc2ccccc21. The van der Waals surface area contributed by atoms with Crippen LogP contribution in [0.2, 0.25) is 0 Å². The third kappa shape index (κ3) is 3.27. The van der Waals surface area contributed by atoms with Crippen molar-refractivity contribution in [1.82, 2.24) is 10.2 Å². The lowest BCUT2D eigenvalue weighted by molar-refractivity contribution is -0.132. The molecule has 1 saturated heterocycles. The molecule has 0 aromatic heterocycles. The van der Waals surface area contributed by atoms with E-state index >= 15 is 0 Å². The highest BCUT2D eigenvalue weighted by Crippen LogP contribution is 2.26. The van der Waals surface area contributed by atoms with E-state index in [2.05, 4.69) is 17.4 Å². The molecule has 2 unspecified atom stereocenters.